The Morgan fingerprint density at radius 3 is 1.50 bits per heavy atom. The maximum atomic E-state index is 12.0. The Kier molecular flexibility index (Phi) is 12.3. The molecule has 9 heteroatoms. The number of carbonyl (C=O) groups excluding carboxylic acids is 3. The van der Waals surface area contributed by atoms with E-state index in [0.717, 1.165) is 0 Å². The monoisotopic (exact) mass is 662 g/mol. The number of hydrogen-bond acceptors (Lipinski definition) is 7. The molecule has 48 heavy (non-hydrogen) atoms. The minimum Gasteiger partial charge on any atom is -0.546 e. The van der Waals surface area contributed by atoms with Gasteiger partial charge >= 0.3 is 17.9 Å². The van der Waals surface area contributed by atoms with Crippen LogP contribution in [0.25, 0.3) is 0 Å². The molecule has 0 fully saturated rings. The van der Waals surface area contributed by atoms with Gasteiger partial charge in [-0.15, -0.1) is 0 Å². The number of benzene rings is 5. The molecule has 0 saturated carbocycles. The SMILES string of the molecule is Cc1ccc([S+](c2ccccc2)c2cc(C)ccc2C)cc1.O=C(OC(C(=O)[O-])C(OC(=O)c1ccccc1)C(=O)O)c1ccccc1. The number of ether oxygens (including phenoxy) is 2. The summed E-state index contributed by atoms with van der Waals surface area (Å²) in [6.45, 7) is 6.53. The maximum absolute atomic E-state index is 12.0. The topological polar surface area (TPSA) is 130 Å². The molecule has 0 aliphatic carbocycles. The summed E-state index contributed by atoms with van der Waals surface area (Å²) in [5.41, 5.74) is 3.99. The summed E-state index contributed by atoms with van der Waals surface area (Å²) in [7, 11) is -0.0448. The third-order valence-corrected chi connectivity index (χ3v) is 9.40. The molecule has 0 amide bonds. The molecule has 0 radical (unpaired) electrons. The van der Waals surface area contributed by atoms with Crippen LogP contribution >= 0.6 is 0 Å². The lowest BCUT2D eigenvalue weighted by atomic mass is 10.1. The van der Waals surface area contributed by atoms with Crippen LogP contribution in [0.1, 0.15) is 37.4 Å². The van der Waals surface area contributed by atoms with Crippen LogP contribution in [0.4, 0.5) is 0 Å². The Morgan fingerprint density at radius 2 is 1.02 bits per heavy atom. The lowest BCUT2D eigenvalue weighted by molar-refractivity contribution is -0.317. The van der Waals surface area contributed by atoms with Gasteiger partial charge in [0.25, 0.3) is 0 Å². The minimum absolute atomic E-state index is 0.00252. The van der Waals surface area contributed by atoms with Gasteiger partial charge in [0, 0.05) is 5.56 Å². The summed E-state index contributed by atoms with van der Waals surface area (Å²) >= 11 is 0. The summed E-state index contributed by atoms with van der Waals surface area (Å²) in [6.07, 6.45) is -4.60. The van der Waals surface area contributed by atoms with E-state index >= 15 is 0 Å². The van der Waals surface area contributed by atoms with Crippen LogP contribution in [0, 0.1) is 20.8 Å². The average molecular weight is 663 g/mol. The van der Waals surface area contributed by atoms with Crippen LogP contribution in [-0.4, -0.2) is 41.2 Å². The second kappa shape index (κ2) is 16.8. The van der Waals surface area contributed by atoms with E-state index in [9.17, 15) is 29.4 Å². The Balaban J connectivity index is 0.000000219. The van der Waals surface area contributed by atoms with E-state index in [0.29, 0.717) is 0 Å². The van der Waals surface area contributed by atoms with E-state index in [2.05, 4.69) is 93.6 Å². The van der Waals surface area contributed by atoms with E-state index in [-0.39, 0.29) is 22.0 Å². The molecule has 5 aromatic rings. The number of hydrogen-bond donors (Lipinski definition) is 1. The Labute approximate surface area is 282 Å². The maximum Gasteiger partial charge on any atom is 0.349 e. The summed E-state index contributed by atoms with van der Waals surface area (Å²) < 4.78 is 9.42. The fraction of sp³-hybridized carbons (Fsp3) is 0.128. The largest absolute Gasteiger partial charge is 0.546 e. The quantitative estimate of drug-likeness (QED) is 0.143. The zero-order valence-electron chi connectivity index (χ0n) is 26.6. The lowest BCUT2D eigenvalue weighted by Crippen LogP contribution is -2.51. The van der Waals surface area contributed by atoms with Gasteiger partial charge in [0.15, 0.2) is 20.8 Å². The minimum atomic E-state index is -2.33. The molecule has 0 bridgehead atoms. The zero-order valence-corrected chi connectivity index (χ0v) is 27.4. The number of carboxylic acids is 2. The molecule has 5 rings (SSSR count). The summed E-state index contributed by atoms with van der Waals surface area (Å²) in [6, 6.07) is 41.3. The normalized spacial score (nSPS) is 12.3. The fourth-order valence-electron chi connectivity index (χ4n) is 4.54. The van der Waals surface area contributed by atoms with Crippen molar-refractivity contribution in [2.24, 2.45) is 0 Å². The molecular weight excluding hydrogens is 628 g/mol. The third-order valence-electron chi connectivity index (χ3n) is 7.04. The van der Waals surface area contributed by atoms with Gasteiger partial charge in [-0.1, -0.05) is 84.4 Å². The number of aryl methyl sites for hydroxylation is 3. The first kappa shape index (κ1) is 35.2. The van der Waals surface area contributed by atoms with Gasteiger partial charge in [0.1, 0.15) is 0 Å². The Morgan fingerprint density at radius 1 is 0.583 bits per heavy atom. The van der Waals surface area contributed by atoms with E-state index in [1.807, 2.05) is 0 Å². The highest BCUT2D eigenvalue weighted by Gasteiger charge is 2.37. The van der Waals surface area contributed by atoms with Crippen molar-refractivity contribution in [2.45, 2.75) is 47.7 Å². The summed E-state index contributed by atoms with van der Waals surface area (Å²) in [4.78, 5) is 50.8. The summed E-state index contributed by atoms with van der Waals surface area (Å²) in [5, 5.41) is 20.5. The first-order valence-corrected chi connectivity index (χ1v) is 16.2. The highest BCUT2D eigenvalue weighted by molar-refractivity contribution is 7.97. The molecule has 0 aliphatic heterocycles. The van der Waals surface area contributed by atoms with Crippen molar-refractivity contribution in [3.05, 3.63) is 161 Å². The lowest BCUT2D eigenvalue weighted by Gasteiger charge is -2.24. The third kappa shape index (κ3) is 9.43. The smallest absolute Gasteiger partial charge is 0.349 e. The predicted molar refractivity (Wildman–Crippen MR) is 180 cm³/mol. The Hall–Kier alpha value is -5.67. The Bertz CT molecular complexity index is 1770. The van der Waals surface area contributed by atoms with Gasteiger partial charge in [-0.2, -0.15) is 0 Å². The predicted octanol–water partition coefficient (Wildman–Crippen LogP) is 5.98. The van der Waals surface area contributed by atoms with E-state index in [4.69, 9.17) is 9.47 Å². The van der Waals surface area contributed by atoms with Crippen LogP contribution in [0.15, 0.2) is 148 Å². The van der Waals surface area contributed by atoms with E-state index in [1.165, 1.54) is 79.9 Å². The van der Waals surface area contributed by atoms with Gasteiger partial charge in [-0.3, -0.25) is 0 Å². The summed E-state index contributed by atoms with van der Waals surface area (Å²) in [5.74, 6) is -5.99. The van der Waals surface area contributed by atoms with Crippen molar-refractivity contribution < 1.29 is 38.9 Å². The first-order chi connectivity index (χ1) is 23.0. The number of rotatable bonds is 10. The molecule has 0 aliphatic rings. The van der Waals surface area contributed by atoms with Gasteiger partial charge < -0.3 is 24.5 Å². The highest BCUT2D eigenvalue weighted by Crippen LogP contribution is 2.33. The molecule has 5 aromatic carbocycles. The molecule has 1 N–H and O–H groups in total. The van der Waals surface area contributed by atoms with Crippen LogP contribution in [0.2, 0.25) is 0 Å². The van der Waals surface area contributed by atoms with E-state index in [1.54, 1.807) is 12.1 Å². The van der Waals surface area contributed by atoms with Crippen LogP contribution < -0.4 is 5.11 Å². The molecule has 8 nitrogen and oxygen atoms in total. The van der Waals surface area contributed by atoms with Gasteiger partial charge in [0.2, 0.25) is 6.10 Å². The average Bonchev–Trinajstić information content (AvgIpc) is 3.10. The van der Waals surface area contributed by atoms with Crippen molar-refractivity contribution in [1.29, 1.82) is 0 Å². The van der Waals surface area contributed by atoms with Crippen molar-refractivity contribution in [2.75, 3.05) is 0 Å². The molecule has 0 aromatic heterocycles. The van der Waals surface area contributed by atoms with Crippen LogP contribution in [0.3, 0.4) is 0 Å². The molecule has 3 unspecified atom stereocenters. The number of esters is 2. The van der Waals surface area contributed by atoms with Crippen molar-refractivity contribution in [3.63, 3.8) is 0 Å². The number of aliphatic carboxylic acids is 2. The highest BCUT2D eigenvalue weighted by atomic mass is 32.2. The second-order valence-corrected chi connectivity index (χ2v) is 12.7. The molecule has 0 heterocycles. The molecule has 244 valence electrons. The number of carboxylic acid groups (broad SMARTS) is 2. The first-order valence-electron chi connectivity index (χ1n) is 14.9. The molecule has 0 spiro atoms. The molecular formula is C39H34O8S. The molecule has 0 saturated heterocycles. The second-order valence-electron chi connectivity index (χ2n) is 10.7. The van der Waals surface area contributed by atoms with E-state index < -0.39 is 36.1 Å². The van der Waals surface area contributed by atoms with Gasteiger partial charge in [0.05, 0.1) is 28.0 Å². The zero-order chi connectivity index (χ0) is 34.6. The fourth-order valence-corrected chi connectivity index (χ4v) is 6.85. The standard InChI is InChI=1S/C21H21S.C18H14O8/c1-16-10-13-20(14-11-16)22(19-7-5-4-6-8-19)21-15-17(2)9-12-18(21)3;19-15(20)13(25-17(23)11-7-3-1-4-8-11)14(16(21)22)26-18(24)12-9-5-2-6-10-12/h4-15H,1-3H3;1-10,13-14H,(H,19,20)(H,21,22)/q+1;/p-1. The van der Waals surface area contributed by atoms with Crippen molar-refractivity contribution in [3.8, 4) is 0 Å². The number of carbonyl (C=O) groups is 4. The van der Waals surface area contributed by atoms with Gasteiger partial charge in [-0.05, 0) is 80.9 Å². The van der Waals surface area contributed by atoms with Crippen molar-refractivity contribution in [1.82, 2.24) is 0 Å². The van der Waals surface area contributed by atoms with Gasteiger partial charge in [-0.25, -0.2) is 14.4 Å². The van der Waals surface area contributed by atoms with Crippen LogP contribution in [0.5, 0.6) is 0 Å². The van der Waals surface area contributed by atoms with Crippen molar-refractivity contribution >= 4 is 34.8 Å². The molecule has 3 atom stereocenters. The van der Waals surface area contributed by atoms with Crippen LogP contribution in [-0.2, 0) is 30.0 Å².